The summed E-state index contributed by atoms with van der Waals surface area (Å²) in [7, 11) is 0. The molecule has 1 unspecified atom stereocenters. The highest BCUT2D eigenvalue weighted by Crippen LogP contribution is 2.17. The van der Waals surface area contributed by atoms with E-state index in [0.29, 0.717) is 18.9 Å². The zero-order valence-corrected chi connectivity index (χ0v) is 12.8. The van der Waals surface area contributed by atoms with Crippen molar-refractivity contribution in [2.45, 2.75) is 45.3 Å². The van der Waals surface area contributed by atoms with Gasteiger partial charge in [-0.05, 0) is 56.3 Å². The number of piperidine rings is 1. The number of rotatable bonds is 6. The molecule has 0 saturated carbocycles. The van der Waals surface area contributed by atoms with E-state index < -0.39 is 6.10 Å². The Kier molecular flexibility index (Phi) is 6.21. The van der Waals surface area contributed by atoms with Gasteiger partial charge in [0.05, 0.1) is 6.10 Å². The minimum absolute atomic E-state index is 0.133. The number of hydrogen-bond donors (Lipinski definition) is 3. The molecule has 4 nitrogen and oxygen atoms in total. The van der Waals surface area contributed by atoms with Crippen molar-refractivity contribution < 1.29 is 9.90 Å². The van der Waals surface area contributed by atoms with E-state index in [1.807, 2.05) is 24.3 Å². The molecule has 0 aromatic heterocycles. The van der Waals surface area contributed by atoms with Crippen LogP contribution in [0.4, 0.5) is 0 Å². The van der Waals surface area contributed by atoms with Crippen molar-refractivity contribution in [2.75, 3.05) is 13.1 Å². The SMILES string of the molecule is CC(O)c1ccc(CNC(=O)CCC2CCNCC2)cc1. The van der Waals surface area contributed by atoms with Crippen LogP contribution in [0.15, 0.2) is 24.3 Å². The van der Waals surface area contributed by atoms with E-state index in [1.165, 1.54) is 12.8 Å². The highest BCUT2D eigenvalue weighted by atomic mass is 16.3. The summed E-state index contributed by atoms with van der Waals surface area (Å²) in [5, 5.41) is 15.8. The van der Waals surface area contributed by atoms with Crippen molar-refractivity contribution in [3.8, 4) is 0 Å². The molecule has 4 heteroatoms. The Hall–Kier alpha value is -1.39. The molecule has 3 N–H and O–H groups in total. The number of hydrogen-bond acceptors (Lipinski definition) is 3. The van der Waals surface area contributed by atoms with Crippen molar-refractivity contribution >= 4 is 5.91 Å². The lowest BCUT2D eigenvalue weighted by Crippen LogP contribution is -2.29. The lowest BCUT2D eigenvalue weighted by Gasteiger charge is -2.22. The fourth-order valence-electron chi connectivity index (χ4n) is 2.71. The Labute approximate surface area is 126 Å². The molecule has 1 aromatic carbocycles. The lowest BCUT2D eigenvalue weighted by atomic mass is 9.93. The Balaban J connectivity index is 1.68. The van der Waals surface area contributed by atoms with E-state index in [1.54, 1.807) is 6.92 Å². The van der Waals surface area contributed by atoms with Gasteiger partial charge in [-0.1, -0.05) is 24.3 Å². The molecule has 0 radical (unpaired) electrons. The molecule has 1 aromatic rings. The summed E-state index contributed by atoms with van der Waals surface area (Å²) in [6.07, 6.45) is 3.55. The largest absolute Gasteiger partial charge is 0.389 e. The number of benzene rings is 1. The average Bonchev–Trinajstić information content (AvgIpc) is 2.52. The highest BCUT2D eigenvalue weighted by Gasteiger charge is 2.14. The van der Waals surface area contributed by atoms with Gasteiger partial charge in [0.1, 0.15) is 0 Å². The van der Waals surface area contributed by atoms with E-state index in [-0.39, 0.29) is 5.91 Å². The molecule has 116 valence electrons. The molecular formula is C17H26N2O2. The van der Waals surface area contributed by atoms with Gasteiger partial charge in [0.15, 0.2) is 0 Å². The van der Waals surface area contributed by atoms with Crippen LogP contribution in [0.1, 0.15) is 49.8 Å². The second-order valence-electron chi connectivity index (χ2n) is 5.93. The highest BCUT2D eigenvalue weighted by molar-refractivity contribution is 5.75. The third-order valence-corrected chi connectivity index (χ3v) is 4.19. The molecule has 21 heavy (non-hydrogen) atoms. The van der Waals surface area contributed by atoms with Gasteiger partial charge in [-0.25, -0.2) is 0 Å². The summed E-state index contributed by atoms with van der Waals surface area (Å²) in [4.78, 5) is 11.9. The minimum Gasteiger partial charge on any atom is -0.389 e. The standard InChI is InChI=1S/C17H26N2O2/c1-13(20)16-5-2-15(3-6-16)12-19-17(21)7-4-14-8-10-18-11-9-14/h2-3,5-6,13-14,18,20H,4,7-12H2,1H3,(H,19,21). The summed E-state index contributed by atoms with van der Waals surface area (Å²) in [5.74, 6) is 0.829. The number of nitrogens with one attached hydrogen (secondary N) is 2. The Bertz CT molecular complexity index is 437. The summed E-state index contributed by atoms with van der Waals surface area (Å²) < 4.78 is 0. The maximum absolute atomic E-state index is 11.9. The van der Waals surface area contributed by atoms with Gasteiger partial charge in [-0.15, -0.1) is 0 Å². The van der Waals surface area contributed by atoms with Crippen molar-refractivity contribution in [3.05, 3.63) is 35.4 Å². The van der Waals surface area contributed by atoms with E-state index in [2.05, 4.69) is 10.6 Å². The Morgan fingerprint density at radius 1 is 1.33 bits per heavy atom. The van der Waals surface area contributed by atoms with Crippen LogP contribution in [0.25, 0.3) is 0 Å². The molecule has 1 atom stereocenters. The first-order valence-corrected chi connectivity index (χ1v) is 7.89. The number of aliphatic hydroxyl groups excluding tert-OH is 1. The maximum Gasteiger partial charge on any atom is 0.220 e. The molecule has 1 heterocycles. The zero-order chi connectivity index (χ0) is 15.1. The summed E-state index contributed by atoms with van der Waals surface area (Å²) in [6, 6.07) is 7.71. The minimum atomic E-state index is -0.446. The second-order valence-corrected chi connectivity index (χ2v) is 5.93. The van der Waals surface area contributed by atoms with Crippen LogP contribution in [-0.4, -0.2) is 24.1 Å². The van der Waals surface area contributed by atoms with Gasteiger partial charge in [0, 0.05) is 13.0 Å². The fraction of sp³-hybridized carbons (Fsp3) is 0.588. The van der Waals surface area contributed by atoms with E-state index in [0.717, 1.165) is 30.6 Å². The lowest BCUT2D eigenvalue weighted by molar-refractivity contribution is -0.121. The van der Waals surface area contributed by atoms with Gasteiger partial charge >= 0.3 is 0 Å². The third kappa shape index (κ3) is 5.48. The first-order chi connectivity index (χ1) is 10.1. The molecule has 1 aliphatic rings. The van der Waals surface area contributed by atoms with Crippen LogP contribution in [0.2, 0.25) is 0 Å². The molecule has 2 rings (SSSR count). The summed E-state index contributed by atoms with van der Waals surface area (Å²) in [6.45, 7) is 4.48. The second kappa shape index (κ2) is 8.15. The smallest absolute Gasteiger partial charge is 0.220 e. The van der Waals surface area contributed by atoms with Crippen LogP contribution < -0.4 is 10.6 Å². The zero-order valence-electron chi connectivity index (χ0n) is 12.8. The molecule has 1 saturated heterocycles. The number of carbonyl (C=O) groups excluding carboxylic acids is 1. The topological polar surface area (TPSA) is 61.4 Å². The van der Waals surface area contributed by atoms with Gasteiger partial charge in [-0.2, -0.15) is 0 Å². The van der Waals surface area contributed by atoms with E-state index in [9.17, 15) is 9.90 Å². The van der Waals surface area contributed by atoms with Crippen molar-refractivity contribution in [3.63, 3.8) is 0 Å². The molecule has 1 amide bonds. The predicted octanol–water partition coefficient (Wildman–Crippen LogP) is 2.14. The van der Waals surface area contributed by atoms with Crippen LogP contribution in [0.5, 0.6) is 0 Å². The molecule has 1 aliphatic heterocycles. The van der Waals surface area contributed by atoms with Crippen molar-refractivity contribution in [2.24, 2.45) is 5.92 Å². The summed E-state index contributed by atoms with van der Waals surface area (Å²) in [5.41, 5.74) is 1.96. The van der Waals surface area contributed by atoms with Crippen molar-refractivity contribution in [1.82, 2.24) is 10.6 Å². The number of amides is 1. The van der Waals surface area contributed by atoms with Gasteiger partial charge in [-0.3, -0.25) is 4.79 Å². The van der Waals surface area contributed by atoms with Crippen LogP contribution in [-0.2, 0) is 11.3 Å². The molecule has 0 aliphatic carbocycles. The molecular weight excluding hydrogens is 264 g/mol. The first-order valence-electron chi connectivity index (χ1n) is 7.89. The van der Waals surface area contributed by atoms with Gasteiger partial charge < -0.3 is 15.7 Å². The first kappa shape index (κ1) is 16.0. The predicted molar refractivity (Wildman–Crippen MR) is 83.8 cm³/mol. The van der Waals surface area contributed by atoms with Crippen LogP contribution >= 0.6 is 0 Å². The normalized spacial score (nSPS) is 17.4. The third-order valence-electron chi connectivity index (χ3n) is 4.19. The number of aliphatic hydroxyl groups is 1. The quantitative estimate of drug-likeness (QED) is 0.752. The van der Waals surface area contributed by atoms with Crippen LogP contribution in [0, 0.1) is 5.92 Å². The van der Waals surface area contributed by atoms with Crippen LogP contribution in [0.3, 0.4) is 0 Å². The van der Waals surface area contributed by atoms with Crippen molar-refractivity contribution in [1.29, 1.82) is 0 Å². The monoisotopic (exact) mass is 290 g/mol. The number of carbonyl (C=O) groups is 1. The average molecular weight is 290 g/mol. The van der Waals surface area contributed by atoms with Gasteiger partial charge in [0.25, 0.3) is 0 Å². The molecule has 1 fully saturated rings. The van der Waals surface area contributed by atoms with Gasteiger partial charge in [0.2, 0.25) is 5.91 Å². The Morgan fingerprint density at radius 2 is 2.00 bits per heavy atom. The maximum atomic E-state index is 11.9. The molecule has 0 spiro atoms. The summed E-state index contributed by atoms with van der Waals surface area (Å²) >= 11 is 0. The fourth-order valence-corrected chi connectivity index (χ4v) is 2.71. The van der Waals surface area contributed by atoms with E-state index in [4.69, 9.17) is 0 Å². The molecule has 0 bridgehead atoms. The van der Waals surface area contributed by atoms with E-state index >= 15 is 0 Å². The Morgan fingerprint density at radius 3 is 2.62 bits per heavy atom.